The summed E-state index contributed by atoms with van der Waals surface area (Å²) < 4.78 is 20.8. The first-order valence-electron chi connectivity index (χ1n) is 8.49. The van der Waals surface area contributed by atoms with Crippen LogP contribution in [0.25, 0.3) is 0 Å². The van der Waals surface area contributed by atoms with E-state index in [-0.39, 0.29) is 0 Å². The van der Waals surface area contributed by atoms with Crippen molar-refractivity contribution in [1.29, 1.82) is 0 Å². The molecule has 1 saturated carbocycles. The highest BCUT2D eigenvalue weighted by Crippen LogP contribution is 2.35. The van der Waals surface area contributed by atoms with Gasteiger partial charge in [-0.2, -0.15) is 0 Å². The molecule has 1 fully saturated rings. The van der Waals surface area contributed by atoms with Crippen LogP contribution < -0.4 is 0 Å². The number of alkyl halides is 1. The van der Waals surface area contributed by atoms with Crippen molar-refractivity contribution < 1.29 is 9.13 Å². The second-order valence-electron chi connectivity index (χ2n) is 6.62. The van der Waals surface area contributed by atoms with E-state index in [1.165, 1.54) is 51.4 Å². The Bertz CT molecular complexity index is 371. The molecule has 0 heterocycles. The Labute approximate surface area is 137 Å². The summed E-state index contributed by atoms with van der Waals surface area (Å²) in [6.07, 6.45) is 16.0. The molecule has 0 bridgehead atoms. The summed E-state index contributed by atoms with van der Waals surface area (Å²) in [4.78, 5) is 0. The van der Waals surface area contributed by atoms with Gasteiger partial charge < -0.3 is 4.74 Å². The molecule has 0 spiro atoms. The predicted octanol–water partition coefficient (Wildman–Crippen LogP) is 6.29. The molecule has 1 nitrogen and oxygen atoms in total. The number of unbranched alkanes of at least 4 members (excludes halogenated alkanes) is 2. The van der Waals surface area contributed by atoms with E-state index in [0.717, 1.165) is 10.4 Å². The minimum absolute atomic E-state index is 0.328. The SMILES string of the molecule is CCCCCC1CCC(COC2(F)C=C(Br)C=CC2)CC1. The molecular weight excluding hydrogens is 331 g/mol. The number of allylic oxidation sites excluding steroid dienone is 2. The van der Waals surface area contributed by atoms with Gasteiger partial charge >= 0.3 is 0 Å². The normalized spacial score (nSPS) is 33.0. The van der Waals surface area contributed by atoms with Gasteiger partial charge in [0.2, 0.25) is 5.85 Å². The zero-order chi connectivity index (χ0) is 15.1. The first kappa shape index (κ1) is 17.2. The van der Waals surface area contributed by atoms with Crippen molar-refractivity contribution in [1.82, 2.24) is 0 Å². The zero-order valence-electron chi connectivity index (χ0n) is 13.1. The minimum atomic E-state index is -1.61. The minimum Gasteiger partial charge on any atom is -0.342 e. The summed E-state index contributed by atoms with van der Waals surface area (Å²) >= 11 is 3.32. The molecule has 0 aromatic carbocycles. The number of hydrogen-bond acceptors (Lipinski definition) is 1. The molecule has 1 atom stereocenters. The summed E-state index contributed by atoms with van der Waals surface area (Å²) in [5.74, 6) is -0.164. The molecule has 0 aliphatic heterocycles. The van der Waals surface area contributed by atoms with Crippen LogP contribution in [0.5, 0.6) is 0 Å². The van der Waals surface area contributed by atoms with Crippen molar-refractivity contribution in [2.45, 2.75) is 70.6 Å². The van der Waals surface area contributed by atoms with Gasteiger partial charge in [0.15, 0.2) is 0 Å². The van der Waals surface area contributed by atoms with Crippen LogP contribution in [0.15, 0.2) is 22.7 Å². The summed E-state index contributed by atoms with van der Waals surface area (Å²) in [6, 6.07) is 0. The molecular formula is C18H28BrFO. The maximum atomic E-state index is 14.5. The molecule has 2 rings (SSSR count). The van der Waals surface area contributed by atoms with Crippen LogP contribution in [-0.4, -0.2) is 12.5 Å². The molecule has 0 saturated heterocycles. The largest absolute Gasteiger partial charge is 0.342 e. The Morgan fingerprint density at radius 1 is 1.24 bits per heavy atom. The zero-order valence-corrected chi connectivity index (χ0v) is 14.7. The quantitative estimate of drug-likeness (QED) is 0.485. The highest BCUT2D eigenvalue weighted by atomic mass is 79.9. The van der Waals surface area contributed by atoms with Gasteiger partial charge in [0.25, 0.3) is 0 Å². The highest BCUT2D eigenvalue weighted by Gasteiger charge is 2.31. The lowest BCUT2D eigenvalue weighted by molar-refractivity contribution is -0.119. The Morgan fingerprint density at radius 3 is 2.62 bits per heavy atom. The molecule has 0 aromatic rings. The van der Waals surface area contributed by atoms with Crippen molar-refractivity contribution in [3.63, 3.8) is 0 Å². The fourth-order valence-corrected chi connectivity index (χ4v) is 3.90. The van der Waals surface area contributed by atoms with E-state index in [9.17, 15) is 4.39 Å². The summed E-state index contributed by atoms with van der Waals surface area (Å²) in [5.41, 5.74) is 0. The van der Waals surface area contributed by atoms with Gasteiger partial charge in [0.05, 0.1) is 6.61 Å². The van der Waals surface area contributed by atoms with E-state index in [2.05, 4.69) is 22.9 Å². The Balaban J connectivity index is 1.66. The van der Waals surface area contributed by atoms with E-state index in [1.807, 2.05) is 12.2 Å². The van der Waals surface area contributed by atoms with Crippen LogP contribution in [0.3, 0.4) is 0 Å². The fourth-order valence-electron chi connectivity index (χ4n) is 3.37. The lowest BCUT2D eigenvalue weighted by Gasteiger charge is -2.31. The van der Waals surface area contributed by atoms with Gasteiger partial charge in [-0.1, -0.05) is 73.5 Å². The highest BCUT2D eigenvalue weighted by molar-refractivity contribution is 9.11. The molecule has 2 aliphatic carbocycles. The average molecular weight is 359 g/mol. The first-order chi connectivity index (χ1) is 10.1. The lowest BCUT2D eigenvalue weighted by Crippen LogP contribution is -2.29. The molecule has 0 N–H and O–H groups in total. The molecule has 0 radical (unpaired) electrons. The third-order valence-electron chi connectivity index (χ3n) is 4.77. The average Bonchev–Trinajstić information content (AvgIpc) is 2.47. The van der Waals surface area contributed by atoms with Gasteiger partial charge in [-0.15, -0.1) is 0 Å². The van der Waals surface area contributed by atoms with Gasteiger partial charge in [-0.25, -0.2) is 4.39 Å². The van der Waals surface area contributed by atoms with E-state index >= 15 is 0 Å². The van der Waals surface area contributed by atoms with Gasteiger partial charge in [0.1, 0.15) is 0 Å². The van der Waals surface area contributed by atoms with Crippen molar-refractivity contribution in [2.24, 2.45) is 11.8 Å². The molecule has 21 heavy (non-hydrogen) atoms. The number of rotatable bonds is 7. The number of halogens is 2. The smallest absolute Gasteiger partial charge is 0.233 e. The third kappa shape index (κ3) is 5.86. The van der Waals surface area contributed by atoms with Gasteiger partial charge in [-0.05, 0) is 30.8 Å². The van der Waals surface area contributed by atoms with E-state index in [1.54, 1.807) is 6.08 Å². The topological polar surface area (TPSA) is 9.23 Å². The van der Waals surface area contributed by atoms with E-state index in [4.69, 9.17) is 4.74 Å². The third-order valence-corrected chi connectivity index (χ3v) is 5.26. The molecule has 0 amide bonds. The van der Waals surface area contributed by atoms with Crippen molar-refractivity contribution in [2.75, 3.05) is 6.61 Å². The monoisotopic (exact) mass is 358 g/mol. The number of ether oxygens (including phenoxy) is 1. The molecule has 120 valence electrons. The van der Waals surface area contributed by atoms with Gasteiger partial charge in [-0.3, -0.25) is 0 Å². The Hall–Kier alpha value is -0.150. The maximum Gasteiger partial charge on any atom is 0.233 e. The lowest BCUT2D eigenvalue weighted by atomic mass is 9.80. The standard InChI is InChI=1S/C18H28BrFO/c1-2-3-4-6-15-8-10-16(11-9-15)14-21-18(20)12-5-7-17(19)13-18/h5,7,13,15-16H,2-4,6,8-12,14H2,1H3. The molecule has 2 aliphatic rings. The van der Waals surface area contributed by atoms with Crippen LogP contribution >= 0.6 is 15.9 Å². The van der Waals surface area contributed by atoms with Crippen molar-refractivity contribution in [3.8, 4) is 0 Å². The predicted molar refractivity (Wildman–Crippen MR) is 90.1 cm³/mol. The fraction of sp³-hybridized carbons (Fsp3) is 0.778. The van der Waals surface area contributed by atoms with Crippen LogP contribution in [0.1, 0.15) is 64.7 Å². The summed E-state index contributed by atoms with van der Waals surface area (Å²) in [7, 11) is 0. The van der Waals surface area contributed by atoms with Gasteiger partial charge in [0, 0.05) is 10.9 Å². The van der Waals surface area contributed by atoms with Crippen LogP contribution in [0.4, 0.5) is 4.39 Å². The molecule has 0 aromatic heterocycles. The number of hydrogen-bond donors (Lipinski definition) is 0. The second kappa shape index (κ2) is 8.47. The van der Waals surface area contributed by atoms with Crippen LogP contribution in [0, 0.1) is 11.8 Å². The Kier molecular flexibility index (Phi) is 6.94. The molecule has 1 unspecified atom stereocenters. The summed E-state index contributed by atoms with van der Waals surface area (Å²) in [5, 5.41) is 0. The van der Waals surface area contributed by atoms with E-state index in [0.29, 0.717) is 18.9 Å². The first-order valence-corrected chi connectivity index (χ1v) is 9.28. The Morgan fingerprint density at radius 2 is 1.95 bits per heavy atom. The summed E-state index contributed by atoms with van der Waals surface area (Å²) in [6.45, 7) is 2.82. The maximum absolute atomic E-state index is 14.5. The second-order valence-corrected chi connectivity index (χ2v) is 7.53. The van der Waals surface area contributed by atoms with Crippen LogP contribution in [0.2, 0.25) is 0 Å². The van der Waals surface area contributed by atoms with Crippen molar-refractivity contribution >= 4 is 15.9 Å². The van der Waals surface area contributed by atoms with E-state index < -0.39 is 5.85 Å². The molecule has 3 heteroatoms. The van der Waals surface area contributed by atoms with Crippen LogP contribution in [-0.2, 0) is 4.74 Å². The van der Waals surface area contributed by atoms with Crippen molar-refractivity contribution in [3.05, 3.63) is 22.7 Å².